The monoisotopic (exact) mass is 276 g/mol. The first-order valence-electron chi connectivity index (χ1n) is 6.14. The molecule has 18 heavy (non-hydrogen) atoms. The molecule has 0 aromatic rings. The highest BCUT2D eigenvalue weighted by Crippen LogP contribution is 2.16. The van der Waals surface area contributed by atoms with Crippen LogP contribution in [0.1, 0.15) is 0 Å². The minimum Gasteiger partial charge on any atom is -0.480 e. The third-order valence-corrected chi connectivity index (χ3v) is 5.92. The van der Waals surface area contributed by atoms with E-state index in [0.29, 0.717) is 26.0 Å². The fraction of sp³-hybridized carbons (Fsp3) is 0.900. The number of likely N-dealkylation sites (N-methyl/N-ethyl adjacent to an activating group) is 1. The van der Waals surface area contributed by atoms with Crippen LogP contribution in [0.25, 0.3) is 0 Å². The highest BCUT2D eigenvalue weighted by Gasteiger charge is 2.45. The second-order valence-corrected chi connectivity index (χ2v) is 7.18. The molecule has 3 aliphatic heterocycles. The average molecular weight is 276 g/mol. The Morgan fingerprint density at radius 1 is 1.22 bits per heavy atom. The molecule has 0 spiro atoms. The van der Waals surface area contributed by atoms with Gasteiger partial charge in [-0.15, -0.1) is 0 Å². The Morgan fingerprint density at radius 2 is 1.72 bits per heavy atom. The van der Waals surface area contributed by atoms with Gasteiger partial charge in [0.25, 0.3) is 0 Å². The van der Waals surface area contributed by atoms with Crippen molar-refractivity contribution < 1.29 is 23.2 Å². The maximum absolute atomic E-state index is 10.7. The van der Waals surface area contributed by atoms with Crippen LogP contribution in [-0.2, 0) is 18.1 Å². The van der Waals surface area contributed by atoms with Gasteiger partial charge in [0.15, 0.2) is 0 Å². The molecule has 7 nitrogen and oxygen atoms in total. The normalized spacial score (nSPS) is 32.9. The molecule has 0 aromatic carbocycles. The summed E-state index contributed by atoms with van der Waals surface area (Å²) in [7, 11) is -0.975. The minimum atomic E-state index is -2.72. The summed E-state index contributed by atoms with van der Waals surface area (Å²) in [6.45, 7) is 4.42. The van der Waals surface area contributed by atoms with Gasteiger partial charge in [-0.2, -0.15) is 0 Å². The van der Waals surface area contributed by atoms with Gasteiger partial charge in [-0.3, -0.25) is 14.6 Å². The molecule has 0 aliphatic carbocycles. The molecule has 3 aliphatic rings. The van der Waals surface area contributed by atoms with Gasteiger partial charge in [0.05, 0.1) is 32.5 Å². The number of fused-ring (bicyclic) bond motifs is 6. The lowest BCUT2D eigenvalue weighted by Gasteiger charge is -2.39. The molecule has 3 heterocycles. The molecule has 3 rings (SSSR count). The number of aliphatic carboxylic acids is 1. The minimum absolute atomic E-state index is 0.0308. The molecule has 3 fully saturated rings. The Balaban J connectivity index is 1.98. The van der Waals surface area contributed by atoms with Gasteiger partial charge >= 0.3 is 14.8 Å². The molecule has 1 N–H and O–H groups in total. The van der Waals surface area contributed by atoms with Crippen molar-refractivity contribution in [1.82, 2.24) is 9.80 Å². The molecular weight excluding hydrogens is 256 g/mol. The highest BCUT2D eigenvalue weighted by molar-refractivity contribution is 6.61. The van der Waals surface area contributed by atoms with Crippen LogP contribution in [-0.4, -0.2) is 88.9 Å². The van der Waals surface area contributed by atoms with Crippen molar-refractivity contribution in [2.45, 2.75) is 0 Å². The molecular formula is C10H20N2O5Si. The second kappa shape index (κ2) is 6.09. The van der Waals surface area contributed by atoms with Crippen LogP contribution in [0.4, 0.5) is 0 Å². The first kappa shape index (κ1) is 13.9. The maximum Gasteiger partial charge on any atom is 0.515 e. The Bertz CT molecular complexity index is 277. The summed E-state index contributed by atoms with van der Waals surface area (Å²) in [5.41, 5.74) is 0. The summed E-state index contributed by atoms with van der Waals surface area (Å²) < 4.78 is 17.4. The van der Waals surface area contributed by atoms with Gasteiger partial charge in [0.1, 0.15) is 0 Å². The Kier molecular flexibility index (Phi) is 4.70. The number of nitrogens with zero attached hydrogens (tertiary/aromatic N) is 2. The van der Waals surface area contributed by atoms with E-state index < -0.39 is 14.8 Å². The van der Waals surface area contributed by atoms with Gasteiger partial charge < -0.3 is 18.4 Å². The number of rotatable bonds is 4. The summed E-state index contributed by atoms with van der Waals surface area (Å²) in [5.74, 6) is -0.856. The predicted octanol–water partition coefficient (Wildman–Crippen LogP) is -1.14. The molecule has 0 unspecified atom stereocenters. The van der Waals surface area contributed by atoms with E-state index in [2.05, 4.69) is 4.90 Å². The zero-order valence-electron chi connectivity index (χ0n) is 10.6. The molecule has 2 bridgehead atoms. The topological polar surface area (TPSA) is 71.5 Å². The van der Waals surface area contributed by atoms with Crippen LogP contribution in [0.15, 0.2) is 0 Å². The highest BCUT2D eigenvalue weighted by atomic mass is 28.4. The number of carboxylic acid groups (broad SMARTS) is 1. The van der Waals surface area contributed by atoms with Gasteiger partial charge in [-0.05, 0) is 7.05 Å². The van der Waals surface area contributed by atoms with Crippen molar-refractivity contribution in [2.24, 2.45) is 0 Å². The summed E-state index contributed by atoms with van der Waals surface area (Å²) in [5, 5.41) is 8.78. The molecule has 3 saturated heterocycles. The van der Waals surface area contributed by atoms with Crippen molar-refractivity contribution >= 4 is 14.8 Å². The molecule has 104 valence electrons. The second-order valence-electron chi connectivity index (χ2n) is 4.64. The van der Waals surface area contributed by atoms with E-state index in [1.807, 2.05) is 0 Å². The van der Waals surface area contributed by atoms with Crippen LogP contribution >= 0.6 is 0 Å². The summed E-state index contributed by atoms with van der Waals surface area (Å²) in [6.07, 6.45) is 0.430. The lowest BCUT2D eigenvalue weighted by molar-refractivity contribution is -0.137. The number of hydrogen-bond donors (Lipinski definition) is 1. The smallest absolute Gasteiger partial charge is 0.480 e. The Labute approximate surface area is 108 Å². The predicted molar refractivity (Wildman–Crippen MR) is 65.2 cm³/mol. The summed E-state index contributed by atoms with van der Waals surface area (Å²) in [4.78, 5) is 14.6. The fourth-order valence-corrected chi connectivity index (χ4v) is 4.71. The molecule has 8 heteroatoms. The van der Waals surface area contributed by atoms with Gasteiger partial charge in [0.2, 0.25) is 0 Å². The van der Waals surface area contributed by atoms with Crippen LogP contribution < -0.4 is 0 Å². The van der Waals surface area contributed by atoms with Crippen LogP contribution in [0.3, 0.4) is 0 Å². The van der Waals surface area contributed by atoms with E-state index in [9.17, 15) is 4.79 Å². The molecule has 0 aromatic heterocycles. The molecule has 0 radical (unpaired) electrons. The zero-order valence-corrected chi connectivity index (χ0v) is 11.6. The van der Waals surface area contributed by atoms with Crippen molar-refractivity contribution in [3.63, 3.8) is 0 Å². The lowest BCUT2D eigenvalue weighted by Crippen LogP contribution is -2.60. The van der Waals surface area contributed by atoms with Crippen molar-refractivity contribution in [3.05, 3.63) is 0 Å². The third kappa shape index (κ3) is 3.74. The summed E-state index contributed by atoms with van der Waals surface area (Å²) in [6, 6.07) is 0. The quantitative estimate of drug-likeness (QED) is 0.651. The number of carbonyl (C=O) groups is 1. The first-order valence-corrected chi connectivity index (χ1v) is 8.07. The zero-order chi connectivity index (χ0) is 13.0. The van der Waals surface area contributed by atoms with E-state index in [1.54, 1.807) is 11.9 Å². The third-order valence-electron chi connectivity index (χ3n) is 3.06. The Morgan fingerprint density at radius 3 is 2.17 bits per heavy atom. The van der Waals surface area contributed by atoms with E-state index in [-0.39, 0.29) is 6.54 Å². The van der Waals surface area contributed by atoms with E-state index >= 15 is 0 Å². The number of carboxylic acids is 1. The van der Waals surface area contributed by atoms with Gasteiger partial charge in [0, 0.05) is 19.6 Å². The SMILES string of the molecule is CN(CC(=O)O)C[Si]12OCCN(CCO1)CCO2. The lowest BCUT2D eigenvalue weighted by atomic mass is 10.4. The van der Waals surface area contributed by atoms with E-state index in [1.165, 1.54) is 0 Å². The van der Waals surface area contributed by atoms with Gasteiger partial charge in [-0.1, -0.05) is 0 Å². The molecule has 0 atom stereocenters. The largest absolute Gasteiger partial charge is 0.515 e. The fourth-order valence-electron chi connectivity index (χ4n) is 2.21. The summed E-state index contributed by atoms with van der Waals surface area (Å²) >= 11 is 0. The first-order chi connectivity index (χ1) is 8.60. The van der Waals surface area contributed by atoms with Crippen LogP contribution in [0.2, 0.25) is 0 Å². The van der Waals surface area contributed by atoms with Crippen LogP contribution in [0.5, 0.6) is 0 Å². The van der Waals surface area contributed by atoms with Crippen LogP contribution in [0, 0.1) is 0 Å². The maximum atomic E-state index is 10.7. The molecule has 0 saturated carbocycles. The van der Waals surface area contributed by atoms with Crippen molar-refractivity contribution in [1.29, 1.82) is 0 Å². The van der Waals surface area contributed by atoms with E-state index in [4.69, 9.17) is 18.4 Å². The Hall–Kier alpha value is -0.513. The number of hydrogen-bond acceptors (Lipinski definition) is 6. The van der Waals surface area contributed by atoms with Crippen molar-refractivity contribution in [2.75, 3.05) is 59.2 Å². The molecule has 0 amide bonds. The van der Waals surface area contributed by atoms with Gasteiger partial charge in [-0.25, -0.2) is 0 Å². The average Bonchev–Trinajstić information content (AvgIpc) is 2.18. The standard InChI is InChI=1S/C10H20N2O5Si/c1-11(8-10(13)14)9-18-15-5-2-12(3-6-16-18)4-7-17-18/h2-9H2,1H3,(H,13,14). The van der Waals surface area contributed by atoms with Crippen molar-refractivity contribution in [3.8, 4) is 0 Å². The van der Waals surface area contributed by atoms with E-state index in [0.717, 1.165) is 19.6 Å².